The SMILES string of the molecule is CCNc1cc(Nc2ccc(Br)cc2F)nc(C)n1. The molecular weight excluding hydrogens is 311 g/mol. The van der Waals surface area contributed by atoms with Crippen LogP contribution >= 0.6 is 15.9 Å². The van der Waals surface area contributed by atoms with E-state index in [1.807, 2.05) is 6.92 Å². The first-order valence-corrected chi connectivity index (χ1v) is 6.69. The number of anilines is 3. The molecule has 100 valence electrons. The molecule has 0 radical (unpaired) electrons. The number of hydrogen-bond donors (Lipinski definition) is 2. The van der Waals surface area contributed by atoms with Gasteiger partial charge in [-0.15, -0.1) is 0 Å². The number of aromatic nitrogens is 2. The predicted octanol–water partition coefficient (Wildman–Crippen LogP) is 3.86. The molecule has 1 heterocycles. The number of rotatable bonds is 4. The molecule has 2 N–H and O–H groups in total. The van der Waals surface area contributed by atoms with E-state index in [1.165, 1.54) is 6.07 Å². The number of benzene rings is 1. The van der Waals surface area contributed by atoms with Crippen LogP contribution in [-0.4, -0.2) is 16.5 Å². The van der Waals surface area contributed by atoms with Crippen LogP contribution in [0.5, 0.6) is 0 Å². The lowest BCUT2D eigenvalue weighted by molar-refractivity contribution is 0.631. The van der Waals surface area contributed by atoms with Crippen LogP contribution in [0.25, 0.3) is 0 Å². The van der Waals surface area contributed by atoms with E-state index in [-0.39, 0.29) is 5.82 Å². The second kappa shape index (κ2) is 5.97. The smallest absolute Gasteiger partial charge is 0.147 e. The maximum absolute atomic E-state index is 13.7. The standard InChI is InChI=1S/C13H14BrFN4/c1-3-16-12-7-13(18-8(2)17-12)19-11-5-4-9(14)6-10(11)15/h4-7H,3H2,1-2H3,(H2,16,17,18,19). The van der Waals surface area contributed by atoms with E-state index in [2.05, 4.69) is 36.5 Å². The van der Waals surface area contributed by atoms with Crippen molar-refractivity contribution in [3.05, 3.63) is 40.4 Å². The van der Waals surface area contributed by atoms with E-state index in [9.17, 15) is 4.39 Å². The van der Waals surface area contributed by atoms with Crippen molar-refractivity contribution in [2.45, 2.75) is 13.8 Å². The summed E-state index contributed by atoms with van der Waals surface area (Å²) in [5, 5.41) is 6.06. The minimum atomic E-state index is -0.337. The molecule has 0 spiro atoms. The largest absolute Gasteiger partial charge is 0.370 e. The Morgan fingerprint density at radius 3 is 2.63 bits per heavy atom. The van der Waals surface area contributed by atoms with E-state index >= 15 is 0 Å². The highest BCUT2D eigenvalue weighted by Crippen LogP contribution is 2.23. The molecule has 0 bridgehead atoms. The highest BCUT2D eigenvalue weighted by Gasteiger charge is 2.06. The van der Waals surface area contributed by atoms with Gasteiger partial charge >= 0.3 is 0 Å². The van der Waals surface area contributed by atoms with Crippen LogP contribution in [0.3, 0.4) is 0 Å². The monoisotopic (exact) mass is 324 g/mol. The minimum Gasteiger partial charge on any atom is -0.370 e. The molecule has 0 unspecified atom stereocenters. The van der Waals surface area contributed by atoms with Gasteiger partial charge in [0.15, 0.2) is 0 Å². The average Bonchev–Trinajstić information content (AvgIpc) is 2.32. The maximum atomic E-state index is 13.7. The fourth-order valence-corrected chi connectivity index (χ4v) is 1.97. The normalized spacial score (nSPS) is 10.3. The van der Waals surface area contributed by atoms with Crippen molar-refractivity contribution < 1.29 is 4.39 Å². The summed E-state index contributed by atoms with van der Waals surface area (Å²) in [6, 6.07) is 6.58. The van der Waals surface area contributed by atoms with Crippen molar-refractivity contribution in [3.63, 3.8) is 0 Å². The molecule has 0 saturated carbocycles. The van der Waals surface area contributed by atoms with Crippen LogP contribution in [-0.2, 0) is 0 Å². The van der Waals surface area contributed by atoms with Gasteiger partial charge in [-0.2, -0.15) is 0 Å². The van der Waals surface area contributed by atoms with Gasteiger partial charge < -0.3 is 10.6 Å². The maximum Gasteiger partial charge on any atom is 0.147 e. The van der Waals surface area contributed by atoms with Crippen molar-refractivity contribution >= 4 is 33.3 Å². The molecule has 0 atom stereocenters. The molecule has 1 aromatic heterocycles. The Morgan fingerprint density at radius 2 is 1.95 bits per heavy atom. The molecule has 0 aliphatic rings. The van der Waals surface area contributed by atoms with Crippen molar-refractivity contribution in [2.75, 3.05) is 17.2 Å². The van der Waals surface area contributed by atoms with Gasteiger partial charge in [0.05, 0.1) is 5.69 Å². The molecule has 0 saturated heterocycles. The fourth-order valence-electron chi connectivity index (χ4n) is 1.63. The van der Waals surface area contributed by atoms with Gasteiger partial charge in [-0.1, -0.05) is 15.9 Å². The van der Waals surface area contributed by atoms with Gasteiger partial charge in [0, 0.05) is 17.1 Å². The molecule has 0 fully saturated rings. The summed E-state index contributed by atoms with van der Waals surface area (Å²) in [6.07, 6.45) is 0. The van der Waals surface area contributed by atoms with Gasteiger partial charge in [-0.25, -0.2) is 14.4 Å². The summed E-state index contributed by atoms with van der Waals surface area (Å²) in [7, 11) is 0. The zero-order valence-electron chi connectivity index (χ0n) is 10.7. The van der Waals surface area contributed by atoms with E-state index in [0.29, 0.717) is 21.8 Å². The van der Waals surface area contributed by atoms with Crippen molar-refractivity contribution in [1.82, 2.24) is 9.97 Å². The van der Waals surface area contributed by atoms with Crippen molar-refractivity contribution in [2.24, 2.45) is 0 Å². The Balaban J connectivity index is 2.27. The quantitative estimate of drug-likeness (QED) is 0.896. The highest BCUT2D eigenvalue weighted by atomic mass is 79.9. The third-order valence-corrected chi connectivity index (χ3v) is 2.88. The molecule has 0 amide bonds. The summed E-state index contributed by atoms with van der Waals surface area (Å²) in [5.41, 5.74) is 0.378. The number of aryl methyl sites for hydroxylation is 1. The van der Waals surface area contributed by atoms with Gasteiger partial charge in [0.25, 0.3) is 0 Å². The average molecular weight is 325 g/mol. The summed E-state index contributed by atoms with van der Waals surface area (Å²) in [6.45, 7) is 4.55. The van der Waals surface area contributed by atoms with Gasteiger partial charge in [0.1, 0.15) is 23.3 Å². The van der Waals surface area contributed by atoms with Gasteiger partial charge in [-0.05, 0) is 32.0 Å². The molecule has 0 aliphatic carbocycles. The lowest BCUT2D eigenvalue weighted by atomic mass is 10.3. The summed E-state index contributed by atoms with van der Waals surface area (Å²) < 4.78 is 14.4. The molecule has 4 nitrogen and oxygen atoms in total. The van der Waals surface area contributed by atoms with E-state index in [0.717, 1.165) is 12.4 Å². The van der Waals surface area contributed by atoms with Crippen LogP contribution < -0.4 is 10.6 Å². The molecule has 0 aliphatic heterocycles. The third-order valence-electron chi connectivity index (χ3n) is 2.39. The molecule has 1 aromatic carbocycles. The van der Waals surface area contributed by atoms with E-state index < -0.39 is 0 Å². The summed E-state index contributed by atoms with van der Waals surface area (Å²) >= 11 is 3.22. The molecular formula is C13H14BrFN4. The van der Waals surface area contributed by atoms with Gasteiger partial charge in [-0.3, -0.25) is 0 Å². The van der Waals surface area contributed by atoms with Gasteiger partial charge in [0.2, 0.25) is 0 Å². The van der Waals surface area contributed by atoms with E-state index in [4.69, 9.17) is 0 Å². The van der Waals surface area contributed by atoms with Crippen molar-refractivity contribution in [3.8, 4) is 0 Å². The number of halogens is 2. The van der Waals surface area contributed by atoms with Crippen LogP contribution in [0, 0.1) is 12.7 Å². The van der Waals surface area contributed by atoms with Crippen molar-refractivity contribution in [1.29, 1.82) is 0 Å². The highest BCUT2D eigenvalue weighted by molar-refractivity contribution is 9.10. The first kappa shape index (κ1) is 13.7. The Kier molecular flexibility index (Phi) is 4.31. The zero-order valence-corrected chi connectivity index (χ0v) is 12.3. The molecule has 2 aromatic rings. The minimum absolute atomic E-state index is 0.337. The van der Waals surface area contributed by atoms with E-state index in [1.54, 1.807) is 25.1 Å². The molecule has 19 heavy (non-hydrogen) atoms. The van der Waals surface area contributed by atoms with Crippen LogP contribution in [0.2, 0.25) is 0 Å². The second-order valence-electron chi connectivity index (χ2n) is 3.97. The fraction of sp³-hybridized carbons (Fsp3) is 0.231. The van der Waals surface area contributed by atoms with Crippen LogP contribution in [0.4, 0.5) is 21.7 Å². The molecule has 2 rings (SSSR count). The summed E-state index contributed by atoms with van der Waals surface area (Å²) in [4.78, 5) is 8.47. The van der Waals surface area contributed by atoms with Crippen LogP contribution in [0.1, 0.15) is 12.7 Å². The third kappa shape index (κ3) is 3.64. The Hall–Kier alpha value is -1.69. The summed E-state index contributed by atoms with van der Waals surface area (Å²) in [5.74, 6) is 1.56. The zero-order chi connectivity index (χ0) is 13.8. The second-order valence-corrected chi connectivity index (χ2v) is 4.88. The predicted molar refractivity (Wildman–Crippen MR) is 78.3 cm³/mol. The lowest BCUT2D eigenvalue weighted by Crippen LogP contribution is -2.04. The van der Waals surface area contributed by atoms with Crippen LogP contribution in [0.15, 0.2) is 28.7 Å². The topological polar surface area (TPSA) is 49.8 Å². The number of nitrogens with zero attached hydrogens (tertiary/aromatic N) is 2. The Labute approximate surface area is 119 Å². The first-order valence-electron chi connectivity index (χ1n) is 5.90. The lowest BCUT2D eigenvalue weighted by Gasteiger charge is -2.10. The number of hydrogen-bond acceptors (Lipinski definition) is 4. The first-order chi connectivity index (χ1) is 9.08. The Bertz CT molecular complexity index is 589. The Morgan fingerprint density at radius 1 is 1.21 bits per heavy atom. The molecule has 6 heteroatoms. The number of nitrogens with one attached hydrogen (secondary N) is 2.